The third kappa shape index (κ3) is 4.81. The molecule has 5 heterocycles. The summed E-state index contributed by atoms with van der Waals surface area (Å²) >= 11 is 0. The Balaban J connectivity index is 1.19. The Morgan fingerprint density at radius 3 is 2.71 bits per heavy atom. The lowest BCUT2D eigenvalue weighted by Gasteiger charge is -2.57. The summed E-state index contributed by atoms with van der Waals surface area (Å²) in [6.45, 7) is 11.8. The predicted molar refractivity (Wildman–Crippen MR) is 148 cm³/mol. The molecule has 0 radical (unpaired) electrons. The van der Waals surface area contributed by atoms with E-state index in [-0.39, 0.29) is 5.54 Å². The van der Waals surface area contributed by atoms with Gasteiger partial charge in [-0.05, 0) is 36.8 Å². The molecule has 2 bridgehead atoms. The van der Waals surface area contributed by atoms with Crippen LogP contribution in [-0.4, -0.2) is 76.2 Å². The number of likely N-dealkylation sites (tertiary alicyclic amines) is 1. The highest BCUT2D eigenvalue weighted by Gasteiger charge is 2.52. The second kappa shape index (κ2) is 10.2. The second-order valence-corrected chi connectivity index (χ2v) is 18.3. The summed E-state index contributed by atoms with van der Waals surface area (Å²) in [5.74, 6) is 1.24. The molecule has 202 valence electrons. The first kappa shape index (κ1) is 25.7. The number of ether oxygens (including phenoxy) is 2. The van der Waals surface area contributed by atoms with Crippen molar-refractivity contribution in [2.24, 2.45) is 11.8 Å². The number of hydrogen-bond donors (Lipinski definition) is 0. The maximum absolute atomic E-state index is 9.72. The number of nitrogens with zero attached hydrogens (tertiary/aromatic N) is 7. The molecule has 3 fully saturated rings. The van der Waals surface area contributed by atoms with Crippen molar-refractivity contribution in [3.05, 3.63) is 31.0 Å². The van der Waals surface area contributed by atoms with Crippen molar-refractivity contribution in [2.75, 3.05) is 32.9 Å². The van der Waals surface area contributed by atoms with E-state index in [1.807, 2.05) is 21.6 Å². The Kier molecular flexibility index (Phi) is 6.89. The van der Waals surface area contributed by atoms with Crippen LogP contribution in [-0.2, 0) is 21.7 Å². The fourth-order valence-electron chi connectivity index (χ4n) is 6.69. The molecule has 0 spiro atoms. The SMILES string of the molecule is C[Si](C)(C)CCOCn1ccc2c(-c3cnn(C4(CC#N)CN(C5C6CCCC5COC6)C4)c3)ncnc21. The molecule has 1 aliphatic carbocycles. The normalized spacial score (nSPS) is 25.3. The molecule has 3 aromatic heterocycles. The number of fused-ring (bicyclic) bond motifs is 3. The van der Waals surface area contributed by atoms with Crippen molar-refractivity contribution in [3.8, 4) is 17.3 Å². The molecule has 0 N–H and O–H groups in total. The van der Waals surface area contributed by atoms with E-state index in [4.69, 9.17) is 14.6 Å². The van der Waals surface area contributed by atoms with Crippen molar-refractivity contribution < 1.29 is 9.47 Å². The zero-order chi connectivity index (χ0) is 26.3. The van der Waals surface area contributed by atoms with Gasteiger partial charge in [0.15, 0.2) is 0 Å². The van der Waals surface area contributed by atoms with Crippen LogP contribution in [0.3, 0.4) is 0 Å². The van der Waals surface area contributed by atoms with Gasteiger partial charge in [0.05, 0.1) is 37.6 Å². The van der Waals surface area contributed by atoms with E-state index < -0.39 is 8.07 Å². The summed E-state index contributed by atoms with van der Waals surface area (Å²) in [6.07, 6.45) is 11.9. The smallest absolute Gasteiger partial charge is 0.145 e. The lowest BCUT2D eigenvalue weighted by Crippen LogP contribution is -2.69. The first-order chi connectivity index (χ1) is 18.4. The van der Waals surface area contributed by atoms with Gasteiger partial charge < -0.3 is 14.0 Å². The number of aromatic nitrogens is 5. The van der Waals surface area contributed by atoms with Crippen molar-refractivity contribution in [1.29, 1.82) is 5.26 Å². The zero-order valence-electron chi connectivity index (χ0n) is 22.8. The fraction of sp³-hybridized carbons (Fsp3) is 0.643. The second-order valence-electron chi connectivity index (χ2n) is 12.7. The van der Waals surface area contributed by atoms with Crippen LogP contribution >= 0.6 is 0 Å². The minimum Gasteiger partial charge on any atom is -0.381 e. The average molecular weight is 534 g/mol. The van der Waals surface area contributed by atoms with Crippen LogP contribution < -0.4 is 0 Å². The molecular weight excluding hydrogens is 494 g/mol. The van der Waals surface area contributed by atoms with Gasteiger partial charge in [-0.25, -0.2) is 9.97 Å². The number of nitriles is 1. The lowest BCUT2D eigenvalue weighted by molar-refractivity contribution is -0.129. The maximum atomic E-state index is 9.72. The zero-order valence-corrected chi connectivity index (χ0v) is 23.8. The molecule has 38 heavy (non-hydrogen) atoms. The van der Waals surface area contributed by atoms with E-state index in [1.165, 1.54) is 19.3 Å². The Hall–Kier alpha value is -2.58. The molecular formula is C28H39N7O2Si. The monoisotopic (exact) mass is 533 g/mol. The molecule has 2 saturated heterocycles. The Labute approximate surface area is 225 Å². The molecule has 10 heteroatoms. The van der Waals surface area contributed by atoms with Crippen LogP contribution in [0.2, 0.25) is 25.7 Å². The van der Waals surface area contributed by atoms with Crippen molar-refractivity contribution >= 4 is 19.1 Å². The van der Waals surface area contributed by atoms with Crippen LogP contribution in [0.25, 0.3) is 22.3 Å². The summed E-state index contributed by atoms with van der Waals surface area (Å²) in [5, 5.41) is 15.5. The van der Waals surface area contributed by atoms with Gasteiger partial charge in [-0.15, -0.1) is 0 Å². The van der Waals surface area contributed by atoms with Crippen LogP contribution in [0.1, 0.15) is 25.7 Å². The fourth-order valence-corrected chi connectivity index (χ4v) is 7.45. The third-order valence-corrected chi connectivity index (χ3v) is 10.4. The van der Waals surface area contributed by atoms with E-state index in [1.54, 1.807) is 6.33 Å². The molecule has 2 atom stereocenters. The maximum Gasteiger partial charge on any atom is 0.145 e. The minimum atomic E-state index is -1.12. The van der Waals surface area contributed by atoms with Gasteiger partial charge in [-0.3, -0.25) is 9.58 Å². The average Bonchev–Trinajstić information content (AvgIpc) is 3.51. The molecule has 3 aliphatic rings. The van der Waals surface area contributed by atoms with Gasteiger partial charge in [-0.1, -0.05) is 26.1 Å². The van der Waals surface area contributed by atoms with Crippen LogP contribution in [0.15, 0.2) is 31.0 Å². The molecule has 6 rings (SSSR count). The Morgan fingerprint density at radius 1 is 1.18 bits per heavy atom. The van der Waals surface area contributed by atoms with E-state index in [0.29, 0.717) is 31.0 Å². The summed E-state index contributed by atoms with van der Waals surface area (Å²) in [4.78, 5) is 11.8. The molecule has 1 saturated carbocycles. The predicted octanol–water partition coefficient (Wildman–Crippen LogP) is 4.35. The molecule has 9 nitrogen and oxygen atoms in total. The summed E-state index contributed by atoms with van der Waals surface area (Å²) in [5.41, 5.74) is 2.39. The first-order valence-electron chi connectivity index (χ1n) is 14.0. The van der Waals surface area contributed by atoms with Crippen LogP contribution in [0.4, 0.5) is 0 Å². The topological polar surface area (TPSA) is 94.0 Å². The highest BCUT2D eigenvalue weighted by Crippen LogP contribution is 2.43. The molecule has 3 aromatic rings. The third-order valence-electron chi connectivity index (χ3n) is 8.73. The Bertz CT molecular complexity index is 1290. The van der Waals surface area contributed by atoms with Crippen molar-refractivity contribution in [3.63, 3.8) is 0 Å². The summed E-state index contributed by atoms with van der Waals surface area (Å²) in [7, 11) is -1.12. The number of hydrogen-bond acceptors (Lipinski definition) is 7. The van der Waals surface area contributed by atoms with Crippen LogP contribution in [0.5, 0.6) is 0 Å². The Morgan fingerprint density at radius 2 is 1.97 bits per heavy atom. The molecule has 2 unspecified atom stereocenters. The highest BCUT2D eigenvalue weighted by molar-refractivity contribution is 6.76. The van der Waals surface area contributed by atoms with Gasteiger partial charge in [0.25, 0.3) is 0 Å². The quantitative estimate of drug-likeness (QED) is 0.298. The highest BCUT2D eigenvalue weighted by atomic mass is 28.3. The van der Waals surface area contributed by atoms with Gasteiger partial charge in [0, 0.05) is 57.2 Å². The van der Waals surface area contributed by atoms with E-state index in [0.717, 1.165) is 61.2 Å². The van der Waals surface area contributed by atoms with E-state index in [2.05, 4.69) is 52.8 Å². The minimum absolute atomic E-state index is 0.290. The van der Waals surface area contributed by atoms with Gasteiger partial charge in [0.2, 0.25) is 0 Å². The first-order valence-corrected chi connectivity index (χ1v) is 17.7. The van der Waals surface area contributed by atoms with Crippen molar-refractivity contribution in [1.82, 2.24) is 29.2 Å². The van der Waals surface area contributed by atoms with Gasteiger partial charge in [0.1, 0.15) is 24.2 Å². The molecule has 0 amide bonds. The van der Waals surface area contributed by atoms with Gasteiger partial charge >= 0.3 is 0 Å². The summed E-state index contributed by atoms with van der Waals surface area (Å²) < 4.78 is 15.9. The standard InChI is InChI=1S/C28H39N7O2Si/c1-38(2,3)12-11-36-20-33-10-7-24-25(30-19-31-27(24)33)23-13-32-35(14-23)28(8-9-29)17-34(18-28)26-21-5-4-6-22(26)16-37-15-21/h7,10,13-14,19,21-22,26H,4-6,8,11-12,15-18,20H2,1-3H3. The van der Waals surface area contributed by atoms with Gasteiger partial charge in [-0.2, -0.15) is 10.4 Å². The molecule has 2 aliphatic heterocycles. The summed E-state index contributed by atoms with van der Waals surface area (Å²) in [6, 6.07) is 6.22. The van der Waals surface area contributed by atoms with Crippen molar-refractivity contribution in [2.45, 2.75) is 69.7 Å². The largest absolute Gasteiger partial charge is 0.381 e. The van der Waals surface area contributed by atoms with E-state index in [9.17, 15) is 5.26 Å². The van der Waals surface area contributed by atoms with Crippen LogP contribution in [0, 0.1) is 23.2 Å². The lowest BCUT2D eigenvalue weighted by atomic mass is 9.72. The molecule has 0 aromatic carbocycles. The van der Waals surface area contributed by atoms with E-state index >= 15 is 0 Å². The number of rotatable bonds is 9.